The third-order valence-electron chi connectivity index (χ3n) is 5.73. The number of benzene rings is 2. The van der Waals surface area contributed by atoms with Crippen molar-refractivity contribution in [2.45, 2.75) is 53.0 Å². The molecule has 0 N–H and O–H groups in total. The molecule has 0 aliphatic heterocycles. The van der Waals surface area contributed by atoms with Crippen LogP contribution in [0.3, 0.4) is 0 Å². The van der Waals surface area contributed by atoms with Gasteiger partial charge in [-0.3, -0.25) is 4.79 Å². The topological polar surface area (TPSA) is 48.3 Å². The summed E-state index contributed by atoms with van der Waals surface area (Å²) in [5, 5.41) is 0. The Morgan fingerprint density at radius 2 is 1.59 bits per heavy atom. The minimum Gasteiger partial charge on any atom is -0.454 e. The van der Waals surface area contributed by atoms with Crippen molar-refractivity contribution in [3.63, 3.8) is 0 Å². The van der Waals surface area contributed by atoms with E-state index in [1.54, 1.807) is 24.3 Å². The Bertz CT molecular complexity index is 1100. The molecule has 0 amide bonds. The van der Waals surface area contributed by atoms with Crippen molar-refractivity contribution in [2.75, 3.05) is 6.61 Å². The molecule has 0 saturated heterocycles. The lowest BCUT2D eigenvalue weighted by atomic mass is 9.87. The van der Waals surface area contributed by atoms with E-state index >= 15 is 0 Å². The molecule has 0 bridgehead atoms. The SMILES string of the molecule is Cc1cc(C(=O)COC(=O)c2ccc(C(C)(C)C)cc2)c(C)n1CCc1ccc(F)cc1. The van der Waals surface area contributed by atoms with Crippen molar-refractivity contribution >= 4 is 11.8 Å². The van der Waals surface area contributed by atoms with E-state index in [-0.39, 0.29) is 23.6 Å². The van der Waals surface area contributed by atoms with Crippen LogP contribution < -0.4 is 0 Å². The van der Waals surface area contributed by atoms with Gasteiger partial charge in [-0.1, -0.05) is 45.0 Å². The molecule has 0 aliphatic carbocycles. The Morgan fingerprint density at radius 1 is 0.969 bits per heavy atom. The summed E-state index contributed by atoms with van der Waals surface area (Å²) in [6, 6.07) is 15.5. The van der Waals surface area contributed by atoms with Gasteiger partial charge in [-0.05, 0) is 67.1 Å². The molecule has 2 aromatic carbocycles. The van der Waals surface area contributed by atoms with Crippen molar-refractivity contribution in [1.29, 1.82) is 0 Å². The molecule has 0 unspecified atom stereocenters. The first kappa shape index (κ1) is 23.5. The van der Waals surface area contributed by atoms with Crippen LogP contribution in [0, 0.1) is 19.7 Å². The second-order valence-electron chi connectivity index (χ2n) is 9.14. The quantitative estimate of drug-likeness (QED) is 0.347. The molecule has 0 saturated carbocycles. The molecular formula is C27H30FNO3. The molecule has 3 aromatic rings. The third kappa shape index (κ3) is 5.52. The van der Waals surface area contributed by atoms with E-state index in [0.29, 0.717) is 17.7 Å². The summed E-state index contributed by atoms with van der Waals surface area (Å²) in [5.41, 5.74) is 4.92. The summed E-state index contributed by atoms with van der Waals surface area (Å²) < 4.78 is 20.4. The van der Waals surface area contributed by atoms with Crippen molar-refractivity contribution in [1.82, 2.24) is 4.57 Å². The van der Waals surface area contributed by atoms with Gasteiger partial charge in [0.05, 0.1) is 5.56 Å². The van der Waals surface area contributed by atoms with E-state index in [0.717, 1.165) is 28.9 Å². The highest BCUT2D eigenvalue weighted by Crippen LogP contribution is 2.22. The minimum atomic E-state index is -0.510. The van der Waals surface area contributed by atoms with E-state index in [9.17, 15) is 14.0 Å². The standard InChI is InChI=1S/C27H30FNO3/c1-18-16-24(19(2)29(18)15-14-20-6-12-23(28)13-7-20)25(30)17-32-26(31)21-8-10-22(11-9-21)27(3,4)5/h6-13,16H,14-15,17H2,1-5H3. The highest BCUT2D eigenvalue weighted by atomic mass is 19.1. The maximum Gasteiger partial charge on any atom is 0.338 e. The number of rotatable bonds is 7. The van der Waals surface area contributed by atoms with Gasteiger partial charge in [0.2, 0.25) is 5.78 Å². The van der Waals surface area contributed by atoms with Gasteiger partial charge in [0.1, 0.15) is 5.82 Å². The summed E-state index contributed by atoms with van der Waals surface area (Å²) in [4.78, 5) is 25.1. The lowest BCUT2D eigenvalue weighted by molar-refractivity contribution is 0.0474. The van der Waals surface area contributed by atoms with Crippen LogP contribution in [-0.4, -0.2) is 22.9 Å². The number of carbonyl (C=O) groups is 2. The lowest BCUT2D eigenvalue weighted by Crippen LogP contribution is -2.16. The van der Waals surface area contributed by atoms with Gasteiger partial charge in [-0.15, -0.1) is 0 Å². The Labute approximate surface area is 189 Å². The van der Waals surface area contributed by atoms with E-state index in [1.165, 1.54) is 12.1 Å². The van der Waals surface area contributed by atoms with Gasteiger partial charge in [0, 0.05) is 23.5 Å². The van der Waals surface area contributed by atoms with Crippen LogP contribution in [-0.2, 0) is 23.1 Å². The molecule has 32 heavy (non-hydrogen) atoms. The zero-order chi connectivity index (χ0) is 23.5. The molecule has 4 nitrogen and oxygen atoms in total. The van der Waals surface area contributed by atoms with Crippen LogP contribution in [0.4, 0.5) is 4.39 Å². The molecule has 1 heterocycles. The van der Waals surface area contributed by atoms with E-state index in [2.05, 4.69) is 25.3 Å². The number of carbonyl (C=O) groups excluding carboxylic acids is 2. The number of aryl methyl sites for hydroxylation is 2. The molecule has 0 spiro atoms. The van der Waals surface area contributed by atoms with Crippen molar-refractivity contribution in [3.05, 3.63) is 94.1 Å². The van der Waals surface area contributed by atoms with Crippen molar-refractivity contribution < 1.29 is 18.7 Å². The van der Waals surface area contributed by atoms with Crippen molar-refractivity contribution in [2.24, 2.45) is 0 Å². The van der Waals surface area contributed by atoms with Gasteiger partial charge < -0.3 is 9.30 Å². The largest absolute Gasteiger partial charge is 0.454 e. The van der Waals surface area contributed by atoms with Gasteiger partial charge in [-0.25, -0.2) is 9.18 Å². The number of halogens is 1. The van der Waals surface area contributed by atoms with Crippen molar-refractivity contribution in [3.8, 4) is 0 Å². The number of aromatic nitrogens is 1. The average molecular weight is 436 g/mol. The maximum absolute atomic E-state index is 13.1. The molecular weight excluding hydrogens is 405 g/mol. The number of nitrogens with zero attached hydrogens (tertiary/aromatic N) is 1. The maximum atomic E-state index is 13.1. The molecule has 168 valence electrons. The monoisotopic (exact) mass is 435 g/mol. The molecule has 0 fully saturated rings. The Hall–Kier alpha value is -3.21. The number of hydrogen-bond donors (Lipinski definition) is 0. The fourth-order valence-corrected chi connectivity index (χ4v) is 3.72. The molecule has 3 rings (SSSR count). The molecule has 0 aliphatic rings. The number of ketones is 1. The summed E-state index contributed by atoms with van der Waals surface area (Å²) >= 11 is 0. The van der Waals surface area contributed by atoms with Gasteiger partial charge >= 0.3 is 5.97 Å². The van der Waals surface area contributed by atoms with Crippen LogP contribution in [0.1, 0.15) is 64.0 Å². The lowest BCUT2D eigenvalue weighted by Gasteiger charge is -2.18. The minimum absolute atomic E-state index is 0.00234. The second-order valence-corrected chi connectivity index (χ2v) is 9.14. The first-order valence-corrected chi connectivity index (χ1v) is 10.8. The Morgan fingerprint density at radius 3 is 2.19 bits per heavy atom. The van der Waals surface area contributed by atoms with Crippen LogP contribution in [0.5, 0.6) is 0 Å². The molecule has 0 radical (unpaired) electrons. The molecule has 5 heteroatoms. The van der Waals surface area contributed by atoms with E-state index < -0.39 is 5.97 Å². The third-order valence-corrected chi connectivity index (χ3v) is 5.73. The number of ether oxygens (including phenoxy) is 1. The number of Topliss-reactive ketones (excluding diaryl/α,β-unsaturated/α-hetero) is 1. The fourth-order valence-electron chi connectivity index (χ4n) is 3.72. The molecule has 0 atom stereocenters. The van der Waals surface area contributed by atoms with Crippen LogP contribution >= 0.6 is 0 Å². The predicted octanol–water partition coefficient (Wildman–Crippen LogP) is 5.82. The number of hydrogen-bond acceptors (Lipinski definition) is 3. The highest BCUT2D eigenvalue weighted by Gasteiger charge is 2.19. The zero-order valence-electron chi connectivity index (χ0n) is 19.4. The van der Waals surface area contributed by atoms with Crippen LogP contribution in [0.15, 0.2) is 54.6 Å². The fraction of sp³-hybridized carbons (Fsp3) is 0.333. The predicted molar refractivity (Wildman–Crippen MR) is 124 cm³/mol. The van der Waals surface area contributed by atoms with E-state index in [4.69, 9.17) is 4.74 Å². The summed E-state index contributed by atoms with van der Waals surface area (Å²) in [5.74, 6) is -0.996. The Balaban J connectivity index is 1.62. The van der Waals surface area contributed by atoms with Gasteiger partial charge in [-0.2, -0.15) is 0 Å². The Kier molecular flexibility index (Phi) is 6.97. The van der Waals surface area contributed by atoms with E-state index in [1.807, 2.05) is 32.0 Å². The summed E-state index contributed by atoms with van der Waals surface area (Å²) in [6.45, 7) is 10.5. The van der Waals surface area contributed by atoms with Crippen LogP contribution in [0.2, 0.25) is 0 Å². The first-order chi connectivity index (χ1) is 15.1. The smallest absolute Gasteiger partial charge is 0.338 e. The normalized spacial score (nSPS) is 11.4. The average Bonchev–Trinajstić information content (AvgIpc) is 3.04. The second kappa shape index (κ2) is 9.51. The first-order valence-electron chi connectivity index (χ1n) is 10.8. The number of esters is 1. The van der Waals surface area contributed by atoms with Gasteiger partial charge in [0.15, 0.2) is 6.61 Å². The summed E-state index contributed by atoms with van der Waals surface area (Å²) in [6.07, 6.45) is 0.726. The molecule has 1 aromatic heterocycles. The highest BCUT2D eigenvalue weighted by molar-refractivity contribution is 6.00. The van der Waals surface area contributed by atoms with Crippen LogP contribution in [0.25, 0.3) is 0 Å². The summed E-state index contributed by atoms with van der Waals surface area (Å²) in [7, 11) is 0. The van der Waals surface area contributed by atoms with Gasteiger partial charge in [0.25, 0.3) is 0 Å². The zero-order valence-corrected chi connectivity index (χ0v) is 19.4.